The molecule has 25 heavy (non-hydrogen) atoms. The van der Waals surface area contributed by atoms with Crippen LogP contribution in [0.1, 0.15) is 36.8 Å². The van der Waals surface area contributed by atoms with Crippen molar-refractivity contribution in [2.75, 3.05) is 31.6 Å². The lowest BCUT2D eigenvalue weighted by molar-refractivity contribution is 0.0258. The molecule has 1 amide bonds. The van der Waals surface area contributed by atoms with Gasteiger partial charge in [-0.05, 0) is 38.5 Å². The summed E-state index contributed by atoms with van der Waals surface area (Å²) >= 11 is 0. The maximum atomic E-state index is 12.7. The second-order valence-electron chi connectivity index (χ2n) is 7.00. The van der Waals surface area contributed by atoms with Gasteiger partial charge in [-0.1, -0.05) is 6.07 Å². The summed E-state index contributed by atoms with van der Waals surface area (Å²) in [5.41, 5.74) is -0.398. The van der Waals surface area contributed by atoms with Gasteiger partial charge in [-0.25, -0.2) is 4.98 Å². The minimum Gasteiger partial charge on any atom is -0.386 e. The molecule has 1 aliphatic heterocycles. The lowest BCUT2D eigenvalue weighted by Crippen LogP contribution is -2.46. The van der Waals surface area contributed by atoms with Crippen LogP contribution in [-0.4, -0.2) is 63.0 Å². The highest BCUT2D eigenvalue weighted by Crippen LogP contribution is 2.26. The molecule has 2 aromatic heterocycles. The number of hydrogen-bond donors (Lipinski definition) is 1. The summed E-state index contributed by atoms with van der Waals surface area (Å²) in [5.74, 6) is 0.723. The monoisotopic (exact) mass is 343 g/mol. The summed E-state index contributed by atoms with van der Waals surface area (Å²) in [6, 6.07) is 7.56. The SMILES string of the molecule is CC(C)n1nccc1C(=O)N(C)C[C@@]1(O)CCN(c2ccccn2)C1. The number of β-amino-alcohol motifs (C(OH)–C–C–N with tert-alkyl or cyclic N) is 1. The Balaban J connectivity index is 1.67. The summed E-state index contributed by atoms with van der Waals surface area (Å²) in [5, 5.41) is 15.1. The van der Waals surface area contributed by atoms with Crippen LogP contribution in [0, 0.1) is 0 Å². The van der Waals surface area contributed by atoms with Crippen LogP contribution in [-0.2, 0) is 0 Å². The van der Waals surface area contributed by atoms with E-state index in [4.69, 9.17) is 0 Å². The molecule has 0 unspecified atom stereocenters. The highest BCUT2D eigenvalue weighted by molar-refractivity contribution is 5.92. The fraction of sp³-hybridized carbons (Fsp3) is 0.500. The Morgan fingerprint density at radius 1 is 1.36 bits per heavy atom. The third-order valence-electron chi connectivity index (χ3n) is 4.56. The highest BCUT2D eigenvalue weighted by atomic mass is 16.3. The summed E-state index contributed by atoms with van der Waals surface area (Å²) < 4.78 is 1.71. The van der Waals surface area contributed by atoms with Crippen LogP contribution in [0.25, 0.3) is 0 Å². The Morgan fingerprint density at radius 3 is 2.84 bits per heavy atom. The fourth-order valence-electron chi connectivity index (χ4n) is 3.33. The average molecular weight is 343 g/mol. The van der Waals surface area contributed by atoms with Crippen molar-refractivity contribution in [3.8, 4) is 0 Å². The zero-order valence-corrected chi connectivity index (χ0v) is 15.0. The number of anilines is 1. The summed E-state index contributed by atoms with van der Waals surface area (Å²) in [6.45, 7) is 5.43. The molecule has 3 heterocycles. The Morgan fingerprint density at radius 2 is 2.16 bits per heavy atom. The van der Waals surface area contributed by atoms with Crippen LogP contribution in [0.4, 0.5) is 5.82 Å². The molecule has 0 aliphatic carbocycles. The largest absolute Gasteiger partial charge is 0.386 e. The van der Waals surface area contributed by atoms with Gasteiger partial charge in [0.25, 0.3) is 5.91 Å². The van der Waals surface area contributed by atoms with Gasteiger partial charge in [0, 0.05) is 38.6 Å². The second-order valence-corrected chi connectivity index (χ2v) is 7.00. The van der Waals surface area contributed by atoms with Gasteiger partial charge in [-0.2, -0.15) is 5.10 Å². The normalized spacial score (nSPS) is 20.3. The number of hydrogen-bond acceptors (Lipinski definition) is 5. The zero-order chi connectivity index (χ0) is 18.0. The third kappa shape index (κ3) is 3.66. The number of carbonyl (C=O) groups excluding carboxylic acids is 1. The van der Waals surface area contributed by atoms with E-state index in [1.54, 1.807) is 35.1 Å². The van der Waals surface area contributed by atoms with Gasteiger partial charge in [0.2, 0.25) is 0 Å². The maximum Gasteiger partial charge on any atom is 0.271 e. The first-order chi connectivity index (χ1) is 11.9. The number of aliphatic hydroxyl groups is 1. The van der Waals surface area contributed by atoms with Crippen LogP contribution in [0.15, 0.2) is 36.7 Å². The maximum absolute atomic E-state index is 12.7. The molecule has 1 N–H and O–H groups in total. The molecule has 134 valence electrons. The molecule has 1 saturated heterocycles. The van der Waals surface area contributed by atoms with Crippen LogP contribution in [0.3, 0.4) is 0 Å². The van der Waals surface area contributed by atoms with Crippen LogP contribution in [0.5, 0.6) is 0 Å². The predicted molar refractivity (Wildman–Crippen MR) is 95.6 cm³/mol. The average Bonchev–Trinajstić information content (AvgIpc) is 3.22. The van der Waals surface area contributed by atoms with Crippen molar-refractivity contribution in [1.82, 2.24) is 19.7 Å². The Kier molecular flexibility index (Phi) is 4.76. The Labute approximate surface area is 147 Å². The van der Waals surface area contributed by atoms with E-state index in [2.05, 4.69) is 15.0 Å². The first-order valence-corrected chi connectivity index (χ1v) is 8.57. The van der Waals surface area contributed by atoms with E-state index < -0.39 is 5.60 Å². The van der Waals surface area contributed by atoms with Gasteiger partial charge < -0.3 is 14.9 Å². The highest BCUT2D eigenvalue weighted by Gasteiger charge is 2.38. The molecule has 0 aromatic carbocycles. The van der Waals surface area contributed by atoms with E-state index >= 15 is 0 Å². The van der Waals surface area contributed by atoms with Gasteiger partial charge in [-0.15, -0.1) is 0 Å². The quantitative estimate of drug-likeness (QED) is 0.892. The minimum absolute atomic E-state index is 0.108. The van der Waals surface area contributed by atoms with Crippen LogP contribution in [0.2, 0.25) is 0 Å². The second kappa shape index (κ2) is 6.84. The minimum atomic E-state index is -0.940. The molecule has 1 fully saturated rings. The van der Waals surface area contributed by atoms with E-state index in [0.717, 1.165) is 12.4 Å². The van der Waals surface area contributed by atoms with Gasteiger partial charge in [0.05, 0.1) is 6.54 Å². The van der Waals surface area contributed by atoms with Gasteiger partial charge in [0.15, 0.2) is 0 Å². The number of aromatic nitrogens is 3. The topological polar surface area (TPSA) is 74.5 Å². The lowest BCUT2D eigenvalue weighted by atomic mass is 10.0. The Bertz CT molecular complexity index is 730. The van der Waals surface area contributed by atoms with Crippen LogP contribution < -0.4 is 4.90 Å². The standard InChI is InChI=1S/C18H25N5O2/c1-14(2)23-15(7-10-20-23)17(24)21(3)12-18(25)8-11-22(13-18)16-6-4-5-9-19-16/h4-7,9-10,14,25H,8,11-13H2,1-3H3/t18-/m0/s1. The number of amides is 1. The predicted octanol–water partition coefficient (Wildman–Crippen LogP) is 1.57. The first-order valence-electron chi connectivity index (χ1n) is 8.57. The molecule has 7 heteroatoms. The summed E-state index contributed by atoms with van der Waals surface area (Å²) in [4.78, 5) is 20.7. The number of carbonyl (C=O) groups is 1. The molecule has 0 radical (unpaired) electrons. The number of pyridine rings is 1. The van der Waals surface area contributed by atoms with E-state index in [9.17, 15) is 9.90 Å². The van der Waals surface area contributed by atoms with Crippen molar-refractivity contribution in [1.29, 1.82) is 0 Å². The number of rotatable bonds is 5. The van der Waals surface area contributed by atoms with Crippen molar-refractivity contribution in [3.63, 3.8) is 0 Å². The van der Waals surface area contributed by atoms with E-state index in [1.165, 1.54) is 0 Å². The first kappa shape index (κ1) is 17.4. The molecule has 0 bridgehead atoms. The van der Waals surface area contributed by atoms with Gasteiger partial charge in [-0.3, -0.25) is 9.48 Å². The number of nitrogens with zero attached hydrogens (tertiary/aromatic N) is 5. The molecular formula is C18H25N5O2. The Hall–Kier alpha value is -2.41. The molecule has 3 rings (SSSR count). The molecular weight excluding hydrogens is 318 g/mol. The molecule has 0 spiro atoms. The fourth-order valence-corrected chi connectivity index (χ4v) is 3.33. The van der Waals surface area contributed by atoms with Crippen molar-refractivity contribution < 1.29 is 9.90 Å². The van der Waals surface area contributed by atoms with Crippen LogP contribution >= 0.6 is 0 Å². The van der Waals surface area contributed by atoms with Crippen molar-refractivity contribution in [2.24, 2.45) is 0 Å². The number of likely N-dealkylation sites (N-methyl/N-ethyl adjacent to an activating group) is 1. The van der Waals surface area contributed by atoms with E-state index in [-0.39, 0.29) is 18.5 Å². The van der Waals surface area contributed by atoms with Crippen molar-refractivity contribution in [2.45, 2.75) is 31.9 Å². The van der Waals surface area contributed by atoms with Gasteiger partial charge >= 0.3 is 0 Å². The smallest absolute Gasteiger partial charge is 0.271 e. The van der Waals surface area contributed by atoms with E-state index in [1.807, 2.05) is 32.0 Å². The van der Waals surface area contributed by atoms with Crippen molar-refractivity contribution >= 4 is 11.7 Å². The molecule has 1 aliphatic rings. The zero-order valence-electron chi connectivity index (χ0n) is 15.0. The summed E-state index contributed by atoms with van der Waals surface area (Å²) in [7, 11) is 1.72. The molecule has 1 atom stereocenters. The molecule has 0 saturated carbocycles. The summed E-state index contributed by atoms with van der Waals surface area (Å²) in [6.07, 6.45) is 3.98. The molecule has 7 nitrogen and oxygen atoms in total. The van der Waals surface area contributed by atoms with Crippen molar-refractivity contribution in [3.05, 3.63) is 42.4 Å². The van der Waals surface area contributed by atoms with E-state index in [0.29, 0.717) is 18.7 Å². The molecule has 2 aromatic rings. The lowest BCUT2D eigenvalue weighted by Gasteiger charge is -2.29. The van der Waals surface area contributed by atoms with Gasteiger partial charge in [0.1, 0.15) is 17.1 Å². The third-order valence-corrected chi connectivity index (χ3v) is 4.56.